The van der Waals surface area contributed by atoms with Crippen molar-refractivity contribution in [2.75, 3.05) is 0 Å². The Morgan fingerprint density at radius 3 is 2.23 bits per heavy atom. The second-order valence-corrected chi connectivity index (χ2v) is 14.4. The number of hydrogen-bond acceptors (Lipinski definition) is 3. The van der Waals surface area contributed by atoms with Crippen LogP contribution in [0.25, 0.3) is 49.7 Å². The lowest BCUT2D eigenvalue weighted by Crippen LogP contribution is -2.39. The first-order chi connectivity index (χ1) is 22.7. The van der Waals surface area contributed by atoms with E-state index in [9.17, 15) is 10.0 Å². The van der Waals surface area contributed by atoms with Crippen LogP contribution in [-0.4, -0.2) is 21.7 Å². The lowest BCUT2D eigenvalue weighted by atomic mass is 9.63. The largest absolute Gasteiger partial charge is 0.491 e. The molecule has 2 heterocycles. The SMILES string of the molecule is CC1(C)c2ccccc2-c2cc3c4cc(-c5cccc6c5OC5=C(B(O)O)C=CCC5C6(C)C)ccc4n(-c4ccccc4)c3cc21. The zero-order chi connectivity index (χ0) is 32.2. The van der Waals surface area contributed by atoms with E-state index < -0.39 is 7.12 Å². The Morgan fingerprint density at radius 2 is 1.43 bits per heavy atom. The molecule has 0 bridgehead atoms. The van der Waals surface area contributed by atoms with Gasteiger partial charge in [0.15, 0.2) is 0 Å². The van der Waals surface area contributed by atoms with Gasteiger partial charge in [0.2, 0.25) is 0 Å². The Kier molecular flexibility index (Phi) is 5.94. The second-order valence-electron chi connectivity index (χ2n) is 14.4. The molecule has 1 aromatic heterocycles. The van der Waals surface area contributed by atoms with Crippen molar-refractivity contribution >= 4 is 28.9 Å². The molecule has 2 aliphatic carbocycles. The number of allylic oxidation sites excluding steroid dienone is 4. The van der Waals surface area contributed by atoms with Crippen LogP contribution in [0, 0.1) is 5.92 Å². The van der Waals surface area contributed by atoms with Crippen LogP contribution >= 0.6 is 0 Å². The highest BCUT2D eigenvalue weighted by Gasteiger charge is 2.45. The summed E-state index contributed by atoms with van der Waals surface area (Å²) >= 11 is 0. The van der Waals surface area contributed by atoms with E-state index in [1.54, 1.807) is 6.08 Å². The van der Waals surface area contributed by atoms with Gasteiger partial charge in [0, 0.05) is 49.8 Å². The molecule has 0 fully saturated rings. The van der Waals surface area contributed by atoms with Crippen molar-refractivity contribution in [1.29, 1.82) is 0 Å². The Morgan fingerprint density at radius 1 is 0.702 bits per heavy atom. The number of nitrogens with zero attached hydrogens (tertiary/aromatic N) is 1. The molecule has 1 aliphatic heterocycles. The molecule has 230 valence electrons. The van der Waals surface area contributed by atoms with Crippen molar-refractivity contribution in [3.63, 3.8) is 0 Å². The molecular weight excluding hydrogens is 577 g/mol. The zero-order valence-corrected chi connectivity index (χ0v) is 27.1. The van der Waals surface area contributed by atoms with Crippen molar-refractivity contribution in [1.82, 2.24) is 4.57 Å². The quantitative estimate of drug-likeness (QED) is 0.196. The number of fused-ring (bicyclic) bond motifs is 8. The Balaban J connectivity index is 1.31. The van der Waals surface area contributed by atoms with Crippen molar-refractivity contribution in [3.8, 4) is 33.7 Å². The molecule has 1 unspecified atom stereocenters. The molecule has 1 atom stereocenters. The van der Waals surface area contributed by atoms with E-state index in [4.69, 9.17) is 4.74 Å². The zero-order valence-electron chi connectivity index (χ0n) is 27.1. The minimum atomic E-state index is -1.59. The van der Waals surface area contributed by atoms with Crippen molar-refractivity contribution < 1.29 is 14.8 Å². The van der Waals surface area contributed by atoms with Crippen LogP contribution < -0.4 is 4.74 Å². The molecule has 0 spiro atoms. The molecule has 4 nitrogen and oxygen atoms in total. The number of ether oxygens (including phenoxy) is 1. The van der Waals surface area contributed by atoms with Crippen LogP contribution in [0.1, 0.15) is 50.8 Å². The monoisotopic (exact) mass is 613 g/mol. The van der Waals surface area contributed by atoms with Crippen LogP contribution in [0.2, 0.25) is 0 Å². The Labute approximate surface area is 275 Å². The summed E-state index contributed by atoms with van der Waals surface area (Å²) < 4.78 is 9.13. The van der Waals surface area contributed by atoms with Gasteiger partial charge in [-0.1, -0.05) is 107 Å². The molecule has 0 radical (unpaired) electrons. The lowest BCUT2D eigenvalue weighted by molar-refractivity contribution is 0.219. The highest BCUT2D eigenvalue weighted by molar-refractivity contribution is 6.52. The predicted molar refractivity (Wildman–Crippen MR) is 192 cm³/mol. The van der Waals surface area contributed by atoms with Gasteiger partial charge in [-0.2, -0.15) is 0 Å². The van der Waals surface area contributed by atoms with E-state index in [2.05, 4.69) is 135 Å². The molecule has 0 saturated carbocycles. The minimum Gasteiger partial charge on any atom is -0.461 e. The third-order valence-corrected chi connectivity index (χ3v) is 11.1. The van der Waals surface area contributed by atoms with Crippen LogP contribution in [-0.2, 0) is 10.8 Å². The summed E-state index contributed by atoms with van der Waals surface area (Å²) in [6, 6.07) is 37.4. The first-order valence-corrected chi connectivity index (χ1v) is 16.5. The van der Waals surface area contributed by atoms with Crippen LogP contribution in [0.3, 0.4) is 0 Å². The van der Waals surface area contributed by atoms with Crippen LogP contribution in [0.5, 0.6) is 5.75 Å². The normalized spacial score (nSPS) is 18.5. The fourth-order valence-corrected chi connectivity index (χ4v) is 8.60. The van der Waals surface area contributed by atoms with Gasteiger partial charge in [-0.3, -0.25) is 0 Å². The molecule has 0 saturated heterocycles. The summed E-state index contributed by atoms with van der Waals surface area (Å²) in [6.45, 7) is 9.14. The standard InChI is InChI=1S/C42H36BNO3/c1-41(2)32-16-9-8-14-28(32)29-23-31-30-22-25(20-21-37(30)44(38(31)24-35(29)41)26-12-6-5-7-13-26)27-15-10-17-33-39(27)47-40-34(42(33,3)4)18-11-19-36(40)43(45)46/h5-17,19-24,34,45-46H,18H2,1-4H3. The summed E-state index contributed by atoms with van der Waals surface area (Å²) in [5.74, 6) is 1.47. The van der Waals surface area contributed by atoms with E-state index in [-0.39, 0.29) is 16.7 Å². The van der Waals surface area contributed by atoms with Crippen LogP contribution in [0.4, 0.5) is 0 Å². The van der Waals surface area contributed by atoms with E-state index in [0.717, 1.165) is 40.1 Å². The van der Waals surface area contributed by atoms with Gasteiger partial charge < -0.3 is 19.4 Å². The van der Waals surface area contributed by atoms with Gasteiger partial charge in [-0.25, -0.2) is 0 Å². The van der Waals surface area contributed by atoms with Crippen LogP contribution in [0.15, 0.2) is 127 Å². The Bertz CT molecular complexity index is 2340. The predicted octanol–water partition coefficient (Wildman–Crippen LogP) is 9.27. The lowest BCUT2D eigenvalue weighted by Gasteiger charge is -2.43. The summed E-state index contributed by atoms with van der Waals surface area (Å²) in [4.78, 5) is 0. The molecule has 5 heteroatoms. The maximum Gasteiger partial charge on any atom is 0.491 e. The molecule has 3 aliphatic rings. The average molecular weight is 614 g/mol. The van der Waals surface area contributed by atoms with Crippen molar-refractivity contribution in [2.45, 2.75) is 44.9 Å². The number of hydrogen-bond donors (Lipinski definition) is 2. The molecule has 9 rings (SSSR count). The fourth-order valence-electron chi connectivity index (χ4n) is 8.60. The molecule has 2 N–H and O–H groups in total. The number of benzene rings is 5. The number of aromatic nitrogens is 1. The molecule has 47 heavy (non-hydrogen) atoms. The molecular formula is C42H36BNO3. The van der Waals surface area contributed by atoms with E-state index in [0.29, 0.717) is 11.2 Å². The Hall–Kier alpha value is -4.84. The molecule has 6 aromatic rings. The third-order valence-electron chi connectivity index (χ3n) is 11.1. The first kappa shape index (κ1) is 28.4. The van der Waals surface area contributed by atoms with Gasteiger partial charge in [0.25, 0.3) is 0 Å². The van der Waals surface area contributed by atoms with Gasteiger partial charge in [0.05, 0.1) is 11.0 Å². The summed E-state index contributed by atoms with van der Waals surface area (Å²) in [6.07, 6.45) is 4.61. The number of para-hydroxylation sites is 2. The molecule has 0 amide bonds. The average Bonchev–Trinajstić information content (AvgIpc) is 3.51. The first-order valence-electron chi connectivity index (χ1n) is 16.5. The van der Waals surface area contributed by atoms with Gasteiger partial charge in [0.1, 0.15) is 11.5 Å². The van der Waals surface area contributed by atoms with E-state index in [1.807, 2.05) is 6.08 Å². The van der Waals surface area contributed by atoms with Crippen molar-refractivity contribution in [2.24, 2.45) is 5.92 Å². The highest BCUT2D eigenvalue weighted by Crippen LogP contribution is 2.54. The third kappa shape index (κ3) is 3.90. The maximum absolute atomic E-state index is 10.3. The fraction of sp³-hybridized carbons (Fsp3) is 0.190. The molecule has 5 aromatic carbocycles. The van der Waals surface area contributed by atoms with Gasteiger partial charge in [-0.15, -0.1) is 0 Å². The van der Waals surface area contributed by atoms with E-state index in [1.165, 1.54) is 38.5 Å². The van der Waals surface area contributed by atoms with E-state index >= 15 is 0 Å². The van der Waals surface area contributed by atoms with Crippen molar-refractivity contribution in [3.05, 3.63) is 143 Å². The second kappa shape index (κ2) is 9.84. The smallest absolute Gasteiger partial charge is 0.461 e. The maximum atomic E-state index is 10.3. The van der Waals surface area contributed by atoms with Gasteiger partial charge >= 0.3 is 7.12 Å². The highest BCUT2D eigenvalue weighted by atomic mass is 16.5. The minimum absolute atomic E-state index is 0.0209. The number of rotatable bonds is 3. The topological polar surface area (TPSA) is 54.6 Å². The van der Waals surface area contributed by atoms with Gasteiger partial charge in [-0.05, 0) is 70.6 Å². The summed E-state index contributed by atoms with van der Waals surface area (Å²) in [5, 5.41) is 22.9. The summed E-state index contributed by atoms with van der Waals surface area (Å²) in [5.41, 5.74) is 12.1. The summed E-state index contributed by atoms with van der Waals surface area (Å²) in [7, 11) is -1.59.